The van der Waals surface area contributed by atoms with Gasteiger partial charge in [-0.15, -0.1) is 0 Å². The van der Waals surface area contributed by atoms with Crippen molar-refractivity contribution in [1.82, 2.24) is 4.98 Å². The average Bonchev–Trinajstić information content (AvgIpc) is 2.27. The first-order valence-electron chi connectivity index (χ1n) is 5.17. The van der Waals surface area contributed by atoms with Gasteiger partial charge in [-0.1, -0.05) is 0 Å². The Hall–Kier alpha value is -1.62. The summed E-state index contributed by atoms with van der Waals surface area (Å²) < 4.78 is 4.91. The molecule has 0 spiro atoms. The highest BCUT2D eigenvalue weighted by atomic mass is 16.5. The first kappa shape index (κ1) is 12.4. The van der Waals surface area contributed by atoms with E-state index in [1.165, 1.54) is 0 Å². The normalized spacial score (nSPS) is 11.9. The van der Waals surface area contributed by atoms with Crippen molar-refractivity contribution >= 4 is 11.6 Å². The summed E-state index contributed by atoms with van der Waals surface area (Å²) in [5.74, 6) is 0.470. The second kappa shape index (κ2) is 6.07. The lowest BCUT2D eigenvalue weighted by Crippen LogP contribution is -2.19. The molecule has 0 aliphatic rings. The van der Waals surface area contributed by atoms with E-state index < -0.39 is 0 Å². The Kier molecular flexibility index (Phi) is 4.72. The number of hydrogen-bond donors (Lipinski definition) is 2. The summed E-state index contributed by atoms with van der Waals surface area (Å²) in [7, 11) is 1.54. The van der Waals surface area contributed by atoms with Crippen LogP contribution in [0.2, 0.25) is 0 Å². The van der Waals surface area contributed by atoms with E-state index >= 15 is 0 Å². The summed E-state index contributed by atoms with van der Waals surface area (Å²) in [5.41, 5.74) is 6.23. The van der Waals surface area contributed by atoms with Crippen LogP contribution in [0.25, 0.3) is 0 Å². The number of aromatic nitrogens is 1. The lowest BCUT2D eigenvalue weighted by Gasteiger charge is -2.06. The number of ether oxygens (including phenoxy) is 1. The first-order chi connectivity index (χ1) is 7.61. The van der Waals surface area contributed by atoms with Gasteiger partial charge in [0, 0.05) is 18.5 Å². The molecule has 0 fully saturated rings. The van der Waals surface area contributed by atoms with E-state index in [1.807, 2.05) is 6.92 Å². The molecule has 1 heterocycles. The molecule has 1 unspecified atom stereocenters. The third kappa shape index (κ3) is 4.27. The maximum atomic E-state index is 11.4. The van der Waals surface area contributed by atoms with Gasteiger partial charge in [0.05, 0.1) is 19.0 Å². The number of nitrogens with two attached hydrogens (primary N) is 1. The number of anilines is 1. The Labute approximate surface area is 95.0 Å². The summed E-state index contributed by atoms with van der Waals surface area (Å²) in [6, 6.07) is 3.48. The second-order valence-corrected chi connectivity index (χ2v) is 3.65. The quantitative estimate of drug-likeness (QED) is 0.785. The number of methoxy groups -OCH3 is 1. The van der Waals surface area contributed by atoms with Gasteiger partial charge in [0.25, 0.3) is 0 Å². The van der Waals surface area contributed by atoms with E-state index in [4.69, 9.17) is 10.5 Å². The molecule has 1 rings (SSSR count). The molecule has 0 radical (unpaired) electrons. The van der Waals surface area contributed by atoms with Crippen LogP contribution in [0, 0.1) is 0 Å². The highest BCUT2D eigenvalue weighted by Crippen LogP contribution is 2.11. The van der Waals surface area contributed by atoms with Gasteiger partial charge in [-0.2, -0.15) is 0 Å². The van der Waals surface area contributed by atoms with Gasteiger partial charge in [-0.25, -0.2) is 4.98 Å². The Morgan fingerprint density at radius 3 is 2.88 bits per heavy atom. The molecule has 3 N–H and O–H groups in total. The second-order valence-electron chi connectivity index (χ2n) is 3.65. The molecule has 88 valence electrons. The molecule has 1 atom stereocenters. The highest BCUT2D eigenvalue weighted by molar-refractivity contribution is 5.90. The van der Waals surface area contributed by atoms with Crippen LogP contribution in [-0.4, -0.2) is 24.0 Å². The summed E-state index contributed by atoms with van der Waals surface area (Å²) in [6.45, 7) is 1.88. The third-order valence-electron chi connectivity index (χ3n) is 2.06. The Morgan fingerprint density at radius 1 is 1.62 bits per heavy atom. The number of carbonyl (C=O) groups is 1. The zero-order valence-electron chi connectivity index (χ0n) is 9.56. The zero-order valence-corrected chi connectivity index (χ0v) is 9.56. The van der Waals surface area contributed by atoms with Gasteiger partial charge in [0.15, 0.2) is 0 Å². The van der Waals surface area contributed by atoms with Crippen LogP contribution in [0.1, 0.15) is 19.8 Å². The molecular formula is C11H17N3O2. The van der Waals surface area contributed by atoms with E-state index in [2.05, 4.69) is 10.3 Å². The number of nitrogens with zero attached hydrogens (tertiary/aromatic N) is 1. The van der Waals surface area contributed by atoms with Crippen LogP contribution < -0.4 is 15.8 Å². The van der Waals surface area contributed by atoms with Gasteiger partial charge < -0.3 is 15.8 Å². The monoisotopic (exact) mass is 223 g/mol. The molecule has 0 saturated carbocycles. The van der Waals surface area contributed by atoms with Crippen molar-refractivity contribution in [1.29, 1.82) is 0 Å². The van der Waals surface area contributed by atoms with Crippen molar-refractivity contribution in [2.45, 2.75) is 25.8 Å². The van der Waals surface area contributed by atoms with E-state index in [-0.39, 0.29) is 11.9 Å². The molecule has 5 heteroatoms. The van der Waals surface area contributed by atoms with Gasteiger partial charge in [-0.05, 0) is 19.4 Å². The Balaban J connectivity index is 2.43. The minimum Gasteiger partial charge on any atom is -0.481 e. The number of nitrogens with one attached hydrogen (secondary N) is 1. The molecule has 1 aromatic rings. The van der Waals surface area contributed by atoms with Gasteiger partial charge >= 0.3 is 0 Å². The van der Waals surface area contributed by atoms with Crippen LogP contribution in [0.15, 0.2) is 18.3 Å². The summed E-state index contributed by atoms with van der Waals surface area (Å²) in [4.78, 5) is 15.4. The lowest BCUT2D eigenvalue weighted by atomic mass is 10.2. The standard InChI is InChI=1S/C11H17N3O2/c1-8(12)3-5-10(15)14-9-4-6-11(16-2)13-7-9/h4,6-8H,3,5,12H2,1-2H3,(H,14,15). The fraction of sp³-hybridized carbons (Fsp3) is 0.455. The lowest BCUT2D eigenvalue weighted by molar-refractivity contribution is -0.116. The zero-order chi connectivity index (χ0) is 12.0. The number of amides is 1. The molecule has 0 aliphatic carbocycles. The van der Waals surface area contributed by atoms with Crippen molar-refractivity contribution in [3.05, 3.63) is 18.3 Å². The van der Waals surface area contributed by atoms with Gasteiger partial charge in [-0.3, -0.25) is 4.79 Å². The molecular weight excluding hydrogens is 206 g/mol. The summed E-state index contributed by atoms with van der Waals surface area (Å²) >= 11 is 0. The van der Waals surface area contributed by atoms with E-state index in [9.17, 15) is 4.79 Å². The number of hydrogen-bond acceptors (Lipinski definition) is 4. The van der Waals surface area contributed by atoms with E-state index in [0.29, 0.717) is 24.4 Å². The van der Waals surface area contributed by atoms with Crippen LogP contribution >= 0.6 is 0 Å². The van der Waals surface area contributed by atoms with Gasteiger partial charge in [0.1, 0.15) is 0 Å². The predicted octanol–water partition coefficient (Wildman–Crippen LogP) is 1.16. The highest BCUT2D eigenvalue weighted by Gasteiger charge is 2.04. The molecule has 1 amide bonds. The van der Waals surface area contributed by atoms with Crippen LogP contribution in [0.5, 0.6) is 5.88 Å². The largest absolute Gasteiger partial charge is 0.481 e. The minimum atomic E-state index is -0.0516. The molecule has 0 aliphatic heterocycles. The molecule has 5 nitrogen and oxygen atoms in total. The van der Waals surface area contributed by atoms with E-state index in [0.717, 1.165) is 0 Å². The fourth-order valence-electron chi connectivity index (χ4n) is 1.16. The maximum Gasteiger partial charge on any atom is 0.224 e. The predicted molar refractivity (Wildman–Crippen MR) is 62.3 cm³/mol. The van der Waals surface area contributed by atoms with Crippen LogP contribution in [0.4, 0.5) is 5.69 Å². The molecule has 0 aromatic carbocycles. The molecule has 16 heavy (non-hydrogen) atoms. The van der Waals surface area contributed by atoms with Crippen molar-refractivity contribution in [2.75, 3.05) is 12.4 Å². The smallest absolute Gasteiger partial charge is 0.224 e. The first-order valence-corrected chi connectivity index (χ1v) is 5.17. The third-order valence-corrected chi connectivity index (χ3v) is 2.06. The minimum absolute atomic E-state index is 0.0414. The Bertz CT molecular complexity index is 336. The topological polar surface area (TPSA) is 77.2 Å². The number of pyridine rings is 1. The number of rotatable bonds is 5. The molecule has 0 saturated heterocycles. The van der Waals surface area contributed by atoms with Crippen molar-refractivity contribution < 1.29 is 9.53 Å². The van der Waals surface area contributed by atoms with Crippen molar-refractivity contribution in [3.63, 3.8) is 0 Å². The number of carbonyl (C=O) groups excluding carboxylic acids is 1. The molecule has 1 aromatic heterocycles. The van der Waals surface area contributed by atoms with Crippen LogP contribution in [-0.2, 0) is 4.79 Å². The summed E-state index contributed by atoms with van der Waals surface area (Å²) in [6.07, 6.45) is 2.65. The summed E-state index contributed by atoms with van der Waals surface area (Å²) in [5, 5.41) is 2.74. The average molecular weight is 223 g/mol. The van der Waals surface area contributed by atoms with Crippen LogP contribution in [0.3, 0.4) is 0 Å². The van der Waals surface area contributed by atoms with E-state index in [1.54, 1.807) is 25.4 Å². The maximum absolute atomic E-state index is 11.4. The Morgan fingerprint density at radius 2 is 2.38 bits per heavy atom. The van der Waals surface area contributed by atoms with Crippen molar-refractivity contribution in [3.8, 4) is 5.88 Å². The molecule has 0 bridgehead atoms. The fourth-order valence-corrected chi connectivity index (χ4v) is 1.16. The van der Waals surface area contributed by atoms with Gasteiger partial charge in [0.2, 0.25) is 11.8 Å². The SMILES string of the molecule is COc1ccc(NC(=O)CCC(C)N)cn1. The van der Waals surface area contributed by atoms with Crippen molar-refractivity contribution in [2.24, 2.45) is 5.73 Å².